The van der Waals surface area contributed by atoms with Crippen LogP contribution in [0.15, 0.2) is 17.2 Å². The summed E-state index contributed by atoms with van der Waals surface area (Å²) in [4.78, 5) is 11.5. The van der Waals surface area contributed by atoms with Crippen LogP contribution >= 0.6 is 0 Å². The van der Waals surface area contributed by atoms with Gasteiger partial charge in [0.15, 0.2) is 0 Å². The molecule has 2 rings (SSSR count). The second-order valence-electron chi connectivity index (χ2n) is 4.32. The summed E-state index contributed by atoms with van der Waals surface area (Å²) < 4.78 is 3.41. The van der Waals surface area contributed by atoms with Gasteiger partial charge >= 0.3 is 5.69 Å². The topological polar surface area (TPSA) is 39.0 Å². The van der Waals surface area contributed by atoms with Gasteiger partial charge in [0.1, 0.15) is 0 Å². The van der Waals surface area contributed by atoms with Crippen molar-refractivity contribution >= 4 is 0 Å². The Hall–Kier alpha value is -1.03. The molecule has 0 saturated carbocycles. The van der Waals surface area contributed by atoms with Crippen molar-refractivity contribution in [1.29, 1.82) is 0 Å². The number of nitrogens with one attached hydrogen (secondary N) is 1. The van der Waals surface area contributed by atoms with E-state index in [0.29, 0.717) is 6.04 Å². The Balaban J connectivity index is 1.87. The fourth-order valence-electron chi connectivity index (χ4n) is 2.15. The minimum Gasteiger partial charge on any atom is -0.314 e. The third-order valence-corrected chi connectivity index (χ3v) is 3.15. The highest BCUT2D eigenvalue weighted by molar-refractivity contribution is 4.81. The predicted octanol–water partition coefficient (Wildman–Crippen LogP) is 0.719. The molecule has 1 unspecified atom stereocenters. The number of hydrogen-bond donors (Lipinski definition) is 1. The largest absolute Gasteiger partial charge is 0.327 e. The molecule has 84 valence electrons. The molecule has 0 amide bonds. The molecule has 0 aromatic carbocycles. The third-order valence-electron chi connectivity index (χ3n) is 3.15. The van der Waals surface area contributed by atoms with E-state index in [1.54, 1.807) is 16.2 Å². The zero-order valence-electron chi connectivity index (χ0n) is 9.28. The van der Waals surface area contributed by atoms with E-state index in [4.69, 9.17) is 0 Å². The fourth-order valence-corrected chi connectivity index (χ4v) is 2.15. The Morgan fingerprint density at radius 1 is 1.47 bits per heavy atom. The molecule has 1 saturated heterocycles. The zero-order chi connectivity index (χ0) is 10.7. The lowest BCUT2D eigenvalue weighted by Gasteiger charge is -2.23. The normalized spacial score (nSPS) is 21.8. The number of aryl methyl sites for hydroxylation is 2. The SMILES string of the molecule is Cn1ccn(CCC2CCCCN2)c1=O. The van der Waals surface area contributed by atoms with Crippen molar-refractivity contribution in [2.45, 2.75) is 38.3 Å². The van der Waals surface area contributed by atoms with Crippen LogP contribution in [0.25, 0.3) is 0 Å². The van der Waals surface area contributed by atoms with Crippen LogP contribution in [0.4, 0.5) is 0 Å². The molecule has 0 bridgehead atoms. The molecule has 2 heterocycles. The average molecular weight is 209 g/mol. The van der Waals surface area contributed by atoms with Crippen LogP contribution in [0.2, 0.25) is 0 Å². The maximum atomic E-state index is 11.5. The van der Waals surface area contributed by atoms with E-state index in [1.807, 2.05) is 12.4 Å². The van der Waals surface area contributed by atoms with Crippen molar-refractivity contribution in [1.82, 2.24) is 14.5 Å². The monoisotopic (exact) mass is 209 g/mol. The maximum Gasteiger partial charge on any atom is 0.327 e. The van der Waals surface area contributed by atoms with E-state index in [-0.39, 0.29) is 5.69 Å². The van der Waals surface area contributed by atoms with Gasteiger partial charge in [0.25, 0.3) is 0 Å². The summed E-state index contributed by atoms with van der Waals surface area (Å²) in [5.74, 6) is 0. The molecule has 1 fully saturated rings. The second kappa shape index (κ2) is 4.66. The number of imidazole rings is 1. The molecule has 1 aromatic heterocycles. The van der Waals surface area contributed by atoms with Crippen molar-refractivity contribution in [2.24, 2.45) is 7.05 Å². The minimum atomic E-state index is 0.0887. The summed E-state index contributed by atoms with van der Waals surface area (Å²) in [5, 5.41) is 3.49. The number of aromatic nitrogens is 2. The molecule has 1 atom stereocenters. The highest BCUT2D eigenvalue weighted by atomic mass is 16.1. The summed E-state index contributed by atoms with van der Waals surface area (Å²) in [5.41, 5.74) is 0.0887. The lowest BCUT2D eigenvalue weighted by atomic mass is 10.0. The van der Waals surface area contributed by atoms with E-state index < -0.39 is 0 Å². The number of nitrogens with zero attached hydrogens (tertiary/aromatic N) is 2. The van der Waals surface area contributed by atoms with Gasteiger partial charge in [-0.3, -0.25) is 4.57 Å². The Morgan fingerprint density at radius 2 is 2.33 bits per heavy atom. The van der Waals surface area contributed by atoms with Crippen LogP contribution in [0.5, 0.6) is 0 Å². The Labute approximate surface area is 89.9 Å². The second-order valence-corrected chi connectivity index (χ2v) is 4.32. The van der Waals surface area contributed by atoms with Gasteiger partial charge in [-0.15, -0.1) is 0 Å². The van der Waals surface area contributed by atoms with Crippen molar-refractivity contribution in [2.75, 3.05) is 6.54 Å². The highest BCUT2D eigenvalue weighted by Crippen LogP contribution is 2.10. The quantitative estimate of drug-likeness (QED) is 0.796. The fraction of sp³-hybridized carbons (Fsp3) is 0.727. The van der Waals surface area contributed by atoms with E-state index in [9.17, 15) is 4.79 Å². The maximum absolute atomic E-state index is 11.5. The summed E-state index contributed by atoms with van der Waals surface area (Å²) >= 11 is 0. The van der Waals surface area contributed by atoms with E-state index >= 15 is 0 Å². The highest BCUT2D eigenvalue weighted by Gasteiger charge is 2.12. The molecule has 1 aromatic rings. The molecule has 4 nitrogen and oxygen atoms in total. The lowest BCUT2D eigenvalue weighted by molar-refractivity contribution is 0.364. The molecule has 0 radical (unpaired) electrons. The van der Waals surface area contributed by atoms with Gasteiger partial charge in [0.05, 0.1) is 0 Å². The van der Waals surface area contributed by atoms with Crippen LogP contribution in [-0.4, -0.2) is 21.7 Å². The molecule has 1 aliphatic heterocycles. The molecule has 0 aliphatic carbocycles. The third kappa shape index (κ3) is 2.50. The van der Waals surface area contributed by atoms with Gasteiger partial charge in [-0.2, -0.15) is 0 Å². The lowest BCUT2D eigenvalue weighted by Crippen LogP contribution is -2.35. The molecular formula is C11H19N3O. The standard InChI is InChI=1S/C11H19N3O/c1-13-8-9-14(11(13)15)7-5-10-4-2-3-6-12-10/h8-10,12H,2-7H2,1H3. The summed E-state index contributed by atoms with van der Waals surface area (Å²) in [7, 11) is 1.79. The van der Waals surface area contributed by atoms with Gasteiger partial charge < -0.3 is 9.88 Å². The van der Waals surface area contributed by atoms with Crippen molar-refractivity contribution in [3.63, 3.8) is 0 Å². The van der Waals surface area contributed by atoms with Crippen LogP contribution < -0.4 is 11.0 Å². The first-order valence-corrected chi connectivity index (χ1v) is 5.72. The smallest absolute Gasteiger partial charge is 0.314 e. The summed E-state index contributed by atoms with van der Waals surface area (Å²) in [6, 6.07) is 0.603. The van der Waals surface area contributed by atoms with Gasteiger partial charge in [0.2, 0.25) is 0 Å². The Kier molecular flexibility index (Phi) is 3.26. The molecule has 1 N–H and O–H groups in total. The first-order valence-electron chi connectivity index (χ1n) is 5.72. The number of piperidine rings is 1. The summed E-state index contributed by atoms with van der Waals surface area (Å²) in [6.45, 7) is 1.96. The minimum absolute atomic E-state index is 0.0887. The van der Waals surface area contributed by atoms with Gasteiger partial charge in [-0.25, -0.2) is 4.79 Å². The number of rotatable bonds is 3. The molecule has 1 aliphatic rings. The van der Waals surface area contributed by atoms with Crippen LogP contribution in [0.3, 0.4) is 0 Å². The summed E-state index contributed by atoms with van der Waals surface area (Å²) in [6.07, 6.45) is 8.61. The van der Waals surface area contributed by atoms with E-state index in [0.717, 1.165) is 19.5 Å². The van der Waals surface area contributed by atoms with Gasteiger partial charge in [0, 0.05) is 32.0 Å². The van der Waals surface area contributed by atoms with Crippen LogP contribution in [-0.2, 0) is 13.6 Å². The van der Waals surface area contributed by atoms with Crippen LogP contribution in [0, 0.1) is 0 Å². The first kappa shape index (κ1) is 10.5. The van der Waals surface area contributed by atoms with Gasteiger partial charge in [-0.05, 0) is 25.8 Å². The Bertz CT molecular complexity index is 360. The van der Waals surface area contributed by atoms with Crippen molar-refractivity contribution < 1.29 is 0 Å². The Morgan fingerprint density at radius 3 is 2.93 bits per heavy atom. The molecule has 0 spiro atoms. The van der Waals surface area contributed by atoms with Crippen LogP contribution in [0.1, 0.15) is 25.7 Å². The van der Waals surface area contributed by atoms with Crippen molar-refractivity contribution in [3.05, 3.63) is 22.9 Å². The molecular weight excluding hydrogens is 190 g/mol. The zero-order valence-corrected chi connectivity index (χ0v) is 9.28. The number of hydrogen-bond acceptors (Lipinski definition) is 2. The predicted molar refractivity (Wildman–Crippen MR) is 59.9 cm³/mol. The van der Waals surface area contributed by atoms with E-state index in [2.05, 4.69) is 5.32 Å². The van der Waals surface area contributed by atoms with Gasteiger partial charge in [-0.1, -0.05) is 6.42 Å². The van der Waals surface area contributed by atoms with Crippen molar-refractivity contribution in [3.8, 4) is 0 Å². The first-order chi connectivity index (χ1) is 7.27. The average Bonchev–Trinajstić information content (AvgIpc) is 2.59. The molecule has 4 heteroatoms. The van der Waals surface area contributed by atoms with E-state index in [1.165, 1.54) is 19.3 Å². The molecule has 15 heavy (non-hydrogen) atoms.